The monoisotopic (exact) mass is 667 g/mol. The molecule has 0 saturated heterocycles. The van der Waals surface area contributed by atoms with E-state index in [1.54, 1.807) is 24.3 Å². The van der Waals surface area contributed by atoms with E-state index in [0.29, 0.717) is 0 Å². The van der Waals surface area contributed by atoms with Crippen molar-refractivity contribution in [2.75, 3.05) is 0 Å². The molecule has 2 heteroatoms. The first-order valence-electron chi connectivity index (χ1n) is 24.2. The summed E-state index contributed by atoms with van der Waals surface area (Å²) >= 11 is 0. The van der Waals surface area contributed by atoms with Gasteiger partial charge in [0.2, 0.25) is 0 Å². The number of aromatic nitrogens is 1. The van der Waals surface area contributed by atoms with Crippen molar-refractivity contribution < 1.29 is 26.7 Å². The molecule has 2 nitrogen and oxygen atoms in total. The minimum Gasteiger partial charge on any atom is -0.457 e. The first kappa shape index (κ1) is 17.3. The van der Waals surface area contributed by atoms with Crippen molar-refractivity contribution in [3.05, 3.63) is 222 Å². The van der Waals surface area contributed by atoms with Gasteiger partial charge in [0, 0.05) is 27.6 Å². The van der Waals surface area contributed by atoms with Crippen LogP contribution in [0.25, 0.3) is 49.7 Å². The molecule has 1 aliphatic heterocycles. The van der Waals surface area contributed by atoms with E-state index in [1.807, 2.05) is 54.6 Å². The third-order valence-corrected chi connectivity index (χ3v) is 9.41. The first-order valence-corrected chi connectivity index (χ1v) is 16.2. The number of nitrogens with zero attached hydrogens (tertiary/aromatic N) is 1. The van der Waals surface area contributed by atoms with E-state index in [2.05, 4.69) is 22.8 Å². The van der Waals surface area contributed by atoms with E-state index < -0.39 is 136 Å². The Balaban J connectivity index is 1.27. The quantitative estimate of drug-likeness (QED) is 0.178. The number of hydrogen-bond donors (Lipinski definition) is 0. The zero-order valence-corrected chi connectivity index (χ0v) is 26.7. The Bertz CT molecular complexity index is 3570. The molecule has 1 atom stereocenters. The Morgan fingerprint density at radius 1 is 0.451 bits per heavy atom. The van der Waals surface area contributed by atoms with Crippen molar-refractivity contribution in [2.45, 2.75) is 5.41 Å². The van der Waals surface area contributed by atoms with E-state index >= 15 is 0 Å². The van der Waals surface area contributed by atoms with Gasteiger partial charge < -0.3 is 9.30 Å². The molecule has 0 radical (unpaired) electrons. The van der Waals surface area contributed by atoms with Crippen molar-refractivity contribution in [3.63, 3.8) is 0 Å². The number of fused-ring (bicyclic) bond motifs is 5. The maximum absolute atomic E-state index is 10.1. The molecule has 1 aromatic heterocycles. The van der Waals surface area contributed by atoms with Gasteiger partial charge in [0.25, 0.3) is 0 Å². The van der Waals surface area contributed by atoms with Crippen molar-refractivity contribution in [2.24, 2.45) is 0 Å². The summed E-state index contributed by atoms with van der Waals surface area (Å²) in [6.45, 7) is 0. The molecule has 0 spiro atoms. The van der Waals surface area contributed by atoms with Crippen LogP contribution in [0.15, 0.2) is 200 Å². The summed E-state index contributed by atoms with van der Waals surface area (Å²) in [6, 6.07) is 19.2. The molecule has 0 N–H and O–H groups in total. The molecule has 10 rings (SSSR count). The number of para-hydroxylation sites is 3. The highest BCUT2D eigenvalue weighted by atomic mass is 16.5. The van der Waals surface area contributed by atoms with Crippen LogP contribution in [0.2, 0.25) is 0 Å². The molecule has 0 aliphatic carbocycles. The van der Waals surface area contributed by atoms with Crippen molar-refractivity contribution >= 4 is 21.8 Å². The summed E-state index contributed by atoms with van der Waals surface area (Å²) in [7, 11) is 0. The topological polar surface area (TPSA) is 14.2 Å². The Kier molecular flexibility index (Phi) is 4.00. The summed E-state index contributed by atoms with van der Waals surface area (Å²) in [5, 5.41) is 2.03. The van der Waals surface area contributed by atoms with Crippen molar-refractivity contribution in [1.82, 2.24) is 4.57 Å². The highest BCUT2D eigenvalue weighted by Crippen LogP contribution is 2.55. The maximum Gasteiger partial charge on any atom is 0.132 e. The molecule has 9 aromatic rings. The maximum atomic E-state index is 10.1. The Hall–Kier alpha value is -6.64. The van der Waals surface area contributed by atoms with Gasteiger partial charge in [0.1, 0.15) is 11.5 Å². The number of hydrogen-bond acceptors (Lipinski definition) is 1. The van der Waals surface area contributed by atoms with Crippen LogP contribution in [0.4, 0.5) is 0 Å². The van der Waals surface area contributed by atoms with Gasteiger partial charge in [-0.25, -0.2) is 0 Å². The number of ether oxygens (including phenoxy) is 1. The lowest BCUT2D eigenvalue weighted by Gasteiger charge is -2.41. The van der Waals surface area contributed by atoms with Gasteiger partial charge in [0.15, 0.2) is 0 Å². The fourth-order valence-corrected chi connectivity index (χ4v) is 7.16. The lowest BCUT2D eigenvalue weighted by Crippen LogP contribution is -2.34. The molecule has 51 heavy (non-hydrogen) atoms. The number of benzene rings is 8. The molecule has 0 fully saturated rings. The third kappa shape index (κ3) is 4.57. The van der Waals surface area contributed by atoms with Gasteiger partial charge in [-0.3, -0.25) is 0 Å². The summed E-state index contributed by atoms with van der Waals surface area (Å²) in [4.78, 5) is 0. The molecule has 1 unspecified atom stereocenters. The second-order valence-electron chi connectivity index (χ2n) is 12.1. The molecule has 240 valence electrons. The largest absolute Gasteiger partial charge is 0.457 e. The lowest BCUT2D eigenvalue weighted by molar-refractivity contribution is 0.434. The summed E-state index contributed by atoms with van der Waals surface area (Å²) in [5.41, 5.74) is -0.603. The normalized spacial score (nSPS) is 19.3. The van der Waals surface area contributed by atoms with Crippen LogP contribution in [0.1, 0.15) is 44.2 Å². The van der Waals surface area contributed by atoms with Crippen molar-refractivity contribution in [3.8, 4) is 39.4 Å². The average Bonchev–Trinajstić information content (AvgIpc) is 3.67. The molecule has 0 saturated carbocycles. The summed E-state index contributed by atoms with van der Waals surface area (Å²) < 4.78 is 153. The fraction of sp³-hybridized carbons (Fsp3) is 0.0204. The van der Waals surface area contributed by atoms with Gasteiger partial charge in [0.05, 0.1) is 38.4 Å². The zero-order chi connectivity index (χ0) is 47.7. The van der Waals surface area contributed by atoms with Gasteiger partial charge in [-0.1, -0.05) is 151 Å². The Labute approximate surface area is 320 Å². The van der Waals surface area contributed by atoms with Crippen LogP contribution in [-0.2, 0) is 5.41 Å². The van der Waals surface area contributed by atoms with Crippen LogP contribution in [0.5, 0.6) is 11.5 Å². The standard InChI is InChI=1S/C49H33NO/c1-4-14-38(15-5-1)49(39-16-6-2-7-17-39)43-21-11-13-23-47(43)51-48-31-29-37(33-44(48)49)35-26-24-34(25-27-35)36-28-30-46-42(32-36)41-20-10-12-22-45(41)50(46)40-18-8-3-9-19-40/h1-33H/i1D,2D,4D,5D,6D,7D,11D,13D,14D,15D,16D,21D,23D,29D,31D,33D. The molecular weight excluding hydrogens is 619 g/mol. The smallest absolute Gasteiger partial charge is 0.132 e. The SMILES string of the molecule is [2H]c1cc(C2(c3c([2H])c([2H])c([2H])c([2H])c3[2H])c3c([2H])c([2H])c([2H])c([2H])c3Oc3c([2H])c([2H])c(-c4ccc(-c5ccc6c(c5)c5ccccc5n6-c5ccccc5)cc4)c([2H])c32)c([2H])c([2H])c1[2H]. The second kappa shape index (κ2) is 11.8. The molecule has 0 bridgehead atoms. The molecule has 1 aliphatic rings. The van der Waals surface area contributed by atoms with E-state index in [0.717, 1.165) is 44.7 Å². The van der Waals surface area contributed by atoms with Crippen LogP contribution in [-0.4, -0.2) is 4.57 Å². The van der Waals surface area contributed by atoms with E-state index in [1.165, 1.54) is 0 Å². The molecule has 8 aromatic carbocycles. The average molecular weight is 668 g/mol. The van der Waals surface area contributed by atoms with Gasteiger partial charge in [-0.05, 0) is 81.8 Å². The van der Waals surface area contributed by atoms with Gasteiger partial charge in [-0.15, -0.1) is 0 Å². The Morgan fingerprint density at radius 3 is 1.94 bits per heavy atom. The van der Waals surface area contributed by atoms with E-state index in [9.17, 15) is 9.60 Å². The Morgan fingerprint density at radius 2 is 1.10 bits per heavy atom. The van der Waals surface area contributed by atoms with Crippen LogP contribution < -0.4 is 4.74 Å². The second-order valence-corrected chi connectivity index (χ2v) is 12.1. The summed E-state index contributed by atoms with van der Waals surface area (Å²) in [5.74, 6) is -1.33. The van der Waals surface area contributed by atoms with Gasteiger partial charge in [-0.2, -0.15) is 0 Å². The predicted octanol–water partition coefficient (Wildman–Crippen LogP) is 12.6. The minimum atomic E-state index is -2.80. The van der Waals surface area contributed by atoms with E-state index in [4.69, 9.17) is 17.1 Å². The first-order chi connectivity index (χ1) is 31.9. The molecular formula is C49H33NO. The van der Waals surface area contributed by atoms with Crippen molar-refractivity contribution in [1.29, 1.82) is 0 Å². The van der Waals surface area contributed by atoms with Crippen LogP contribution in [0.3, 0.4) is 0 Å². The lowest BCUT2D eigenvalue weighted by atomic mass is 9.63. The highest BCUT2D eigenvalue weighted by Gasteiger charge is 2.45. The van der Waals surface area contributed by atoms with Gasteiger partial charge >= 0.3 is 0 Å². The van der Waals surface area contributed by atoms with Crippen LogP contribution >= 0.6 is 0 Å². The molecule has 2 heterocycles. The van der Waals surface area contributed by atoms with Crippen LogP contribution in [0, 0.1) is 0 Å². The third-order valence-electron chi connectivity index (χ3n) is 9.41. The molecule has 0 amide bonds. The van der Waals surface area contributed by atoms with E-state index in [-0.39, 0.29) is 11.1 Å². The minimum absolute atomic E-state index is 0.206. The number of rotatable bonds is 5. The predicted molar refractivity (Wildman–Crippen MR) is 210 cm³/mol. The highest BCUT2D eigenvalue weighted by molar-refractivity contribution is 6.10. The fourth-order valence-electron chi connectivity index (χ4n) is 7.16. The zero-order valence-electron chi connectivity index (χ0n) is 42.7. The summed E-state index contributed by atoms with van der Waals surface area (Å²) in [6.07, 6.45) is 0.